The molecule has 0 spiro atoms. The minimum atomic E-state index is -3.64. The molecule has 0 radical (unpaired) electrons. The molecule has 2 aromatic rings. The summed E-state index contributed by atoms with van der Waals surface area (Å²) >= 11 is 0. The quantitative estimate of drug-likeness (QED) is 0.335. The van der Waals surface area contributed by atoms with Crippen molar-refractivity contribution in [1.29, 1.82) is 0 Å². The van der Waals surface area contributed by atoms with Gasteiger partial charge < -0.3 is 14.2 Å². The first kappa shape index (κ1) is 22.1. The average molecular weight is 404 g/mol. The van der Waals surface area contributed by atoms with Gasteiger partial charge in [0.25, 0.3) is 0 Å². The highest BCUT2D eigenvalue weighted by atomic mass is 31.2. The Kier molecular flexibility index (Phi) is 8.20. The molecule has 150 valence electrons. The number of rotatable bonds is 10. The molecule has 2 rings (SSSR count). The normalized spacial score (nSPS) is 15.9. The standard InChI is InChI=1S/C20H25N2O5P/c1-15(27-28(3,24)25)17(14-26-2)13-20(23)16-9-11-19(12-10-16)22-21-18-7-5-4-6-8-18/h4-12,15,17H,13-14H2,1-3H3,(H,24,25)/t15-,17-/m0/s1. The predicted octanol–water partition coefficient (Wildman–Crippen LogP) is 5.16. The summed E-state index contributed by atoms with van der Waals surface area (Å²) in [7, 11) is -2.13. The second-order valence-corrected chi connectivity index (χ2v) is 8.36. The maximum Gasteiger partial charge on any atom is 0.325 e. The van der Waals surface area contributed by atoms with Crippen molar-refractivity contribution in [1.82, 2.24) is 0 Å². The van der Waals surface area contributed by atoms with E-state index >= 15 is 0 Å². The van der Waals surface area contributed by atoms with Gasteiger partial charge in [-0.3, -0.25) is 9.36 Å². The monoisotopic (exact) mass is 404 g/mol. The molecule has 1 unspecified atom stereocenters. The van der Waals surface area contributed by atoms with E-state index in [1.54, 1.807) is 31.2 Å². The largest absolute Gasteiger partial charge is 0.384 e. The van der Waals surface area contributed by atoms with Crippen molar-refractivity contribution in [3.05, 3.63) is 60.2 Å². The average Bonchev–Trinajstić information content (AvgIpc) is 2.66. The van der Waals surface area contributed by atoms with E-state index in [9.17, 15) is 14.3 Å². The lowest BCUT2D eigenvalue weighted by Crippen LogP contribution is -2.26. The first-order valence-electron chi connectivity index (χ1n) is 8.86. The van der Waals surface area contributed by atoms with Gasteiger partial charge in [-0.25, -0.2) is 0 Å². The molecule has 3 atom stereocenters. The number of Topliss-reactive ketones (excluding diaryl/α,β-unsaturated/α-hetero) is 1. The van der Waals surface area contributed by atoms with Gasteiger partial charge in [-0.2, -0.15) is 10.2 Å². The van der Waals surface area contributed by atoms with Gasteiger partial charge in [0, 0.05) is 31.7 Å². The van der Waals surface area contributed by atoms with Crippen LogP contribution in [0.5, 0.6) is 0 Å². The molecule has 0 bridgehead atoms. The minimum Gasteiger partial charge on any atom is -0.384 e. The van der Waals surface area contributed by atoms with Crippen LogP contribution in [0.3, 0.4) is 0 Å². The fourth-order valence-corrected chi connectivity index (χ4v) is 3.44. The molecule has 2 aromatic carbocycles. The molecule has 0 heterocycles. The van der Waals surface area contributed by atoms with E-state index in [-0.39, 0.29) is 24.7 Å². The number of nitrogens with zero attached hydrogens (tertiary/aromatic N) is 2. The van der Waals surface area contributed by atoms with E-state index < -0.39 is 13.7 Å². The van der Waals surface area contributed by atoms with Crippen LogP contribution in [-0.2, 0) is 13.8 Å². The summed E-state index contributed by atoms with van der Waals surface area (Å²) in [5.41, 5.74) is 1.91. The third-order valence-corrected chi connectivity index (χ3v) is 4.80. The third kappa shape index (κ3) is 7.44. The number of ketones is 1. The molecule has 7 nitrogen and oxygen atoms in total. The van der Waals surface area contributed by atoms with Crippen LogP contribution in [0.15, 0.2) is 64.8 Å². The minimum absolute atomic E-state index is 0.104. The van der Waals surface area contributed by atoms with Crippen molar-refractivity contribution in [2.75, 3.05) is 20.4 Å². The Balaban J connectivity index is 2.02. The fourth-order valence-electron chi connectivity index (χ4n) is 2.65. The fraction of sp³-hybridized carbons (Fsp3) is 0.350. The van der Waals surface area contributed by atoms with Crippen LogP contribution in [0.1, 0.15) is 23.7 Å². The maximum atomic E-state index is 12.6. The molecule has 0 fully saturated rings. The maximum absolute atomic E-state index is 12.6. The van der Waals surface area contributed by atoms with Crippen LogP contribution in [0.4, 0.5) is 11.4 Å². The first-order chi connectivity index (χ1) is 13.3. The number of benzene rings is 2. The predicted molar refractivity (Wildman–Crippen MR) is 108 cm³/mol. The molecule has 1 N–H and O–H groups in total. The molecule has 0 saturated carbocycles. The lowest BCUT2D eigenvalue weighted by molar-refractivity contribution is 0.0563. The highest BCUT2D eigenvalue weighted by Crippen LogP contribution is 2.40. The summed E-state index contributed by atoms with van der Waals surface area (Å²) in [6.07, 6.45) is -0.455. The van der Waals surface area contributed by atoms with E-state index in [1.807, 2.05) is 30.3 Å². The zero-order valence-electron chi connectivity index (χ0n) is 16.2. The molecule has 0 aliphatic carbocycles. The van der Waals surface area contributed by atoms with Crippen LogP contribution < -0.4 is 0 Å². The van der Waals surface area contributed by atoms with Gasteiger partial charge in [0.1, 0.15) is 0 Å². The van der Waals surface area contributed by atoms with Gasteiger partial charge in [-0.05, 0) is 43.3 Å². The van der Waals surface area contributed by atoms with E-state index in [0.29, 0.717) is 11.3 Å². The van der Waals surface area contributed by atoms with E-state index in [4.69, 9.17) is 9.26 Å². The Bertz CT molecular complexity index is 833. The van der Waals surface area contributed by atoms with Gasteiger partial charge in [0.05, 0.1) is 24.1 Å². The number of ether oxygens (including phenoxy) is 1. The number of azo groups is 1. The van der Waals surface area contributed by atoms with Crippen LogP contribution in [0, 0.1) is 5.92 Å². The number of hydrogen-bond donors (Lipinski definition) is 1. The first-order valence-corrected chi connectivity index (χ1v) is 10.9. The summed E-state index contributed by atoms with van der Waals surface area (Å²) < 4.78 is 21.8. The molecule has 0 aromatic heterocycles. The van der Waals surface area contributed by atoms with Crippen LogP contribution in [0.2, 0.25) is 0 Å². The van der Waals surface area contributed by atoms with Crippen molar-refractivity contribution in [2.45, 2.75) is 19.4 Å². The molecule has 0 amide bonds. The van der Waals surface area contributed by atoms with Crippen molar-refractivity contribution < 1.29 is 23.5 Å². The number of methoxy groups -OCH3 is 1. The second kappa shape index (κ2) is 10.4. The van der Waals surface area contributed by atoms with Gasteiger partial charge in [-0.15, -0.1) is 0 Å². The molecule has 0 aliphatic rings. The highest BCUT2D eigenvalue weighted by Gasteiger charge is 2.26. The van der Waals surface area contributed by atoms with E-state index in [0.717, 1.165) is 12.4 Å². The summed E-state index contributed by atoms with van der Waals surface area (Å²) in [6.45, 7) is 3.03. The van der Waals surface area contributed by atoms with E-state index in [1.165, 1.54) is 7.11 Å². The van der Waals surface area contributed by atoms with Gasteiger partial charge in [0.15, 0.2) is 5.78 Å². The molecule has 28 heavy (non-hydrogen) atoms. The molecular weight excluding hydrogens is 379 g/mol. The molecular formula is C20H25N2O5P. The lowest BCUT2D eigenvalue weighted by Gasteiger charge is -2.24. The number of carbonyl (C=O) groups is 1. The molecule has 8 heteroatoms. The van der Waals surface area contributed by atoms with Crippen LogP contribution >= 0.6 is 7.60 Å². The van der Waals surface area contributed by atoms with Gasteiger partial charge in [-0.1, -0.05) is 18.2 Å². The highest BCUT2D eigenvalue weighted by molar-refractivity contribution is 7.51. The van der Waals surface area contributed by atoms with Crippen molar-refractivity contribution in [2.24, 2.45) is 16.1 Å². The smallest absolute Gasteiger partial charge is 0.325 e. The van der Waals surface area contributed by atoms with Crippen molar-refractivity contribution >= 4 is 24.8 Å². The molecule has 0 aliphatic heterocycles. The Labute approximate surface area is 165 Å². The Morgan fingerprint density at radius 2 is 1.64 bits per heavy atom. The number of carbonyl (C=O) groups excluding carboxylic acids is 1. The topological polar surface area (TPSA) is 97.5 Å². The van der Waals surface area contributed by atoms with Crippen molar-refractivity contribution in [3.63, 3.8) is 0 Å². The number of hydrogen-bond acceptors (Lipinski definition) is 6. The summed E-state index contributed by atoms with van der Waals surface area (Å²) in [5.74, 6) is -0.441. The molecule has 0 saturated heterocycles. The van der Waals surface area contributed by atoms with Crippen molar-refractivity contribution in [3.8, 4) is 0 Å². The SMILES string of the molecule is COC[C@H](CC(=O)c1ccc(N=Nc2ccccc2)cc1)[C@H](C)OP(C)(=O)O. The van der Waals surface area contributed by atoms with Gasteiger partial charge >= 0.3 is 7.60 Å². The Hall–Kier alpha value is -2.18. The van der Waals surface area contributed by atoms with Gasteiger partial charge in [0.2, 0.25) is 0 Å². The van der Waals surface area contributed by atoms with Crippen LogP contribution in [0.25, 0.3) is 0 Å². The summed E-state index contributed by atoms with van der Waals surface area (Å²) in [4.78, 5) is 22.0. The summed E-state index contributed by atoms with van der Waals surface area (Å²) in [5, 5.41) is 8.29. The second-order valence-electron chi connectivity index (χ2n) is 6.54. The lowest BCUT2D eigenvalue weighted by atomic mass is 9.95. The zero-order chi connectivity index (χ0) is 20.6. The van der Waals surface area contributed by atoms with E-state index in [2.05, 4.69) is 10.2 Å². The van der Waals surface area contributed by atoms with Crippen LogP contribution in [-0.4, -0.2) is 37.2 Å². The zero-order valence-corrected chi connectivity index (χ0v) is 17.1. The third-order valence-electron chi connectivity index (χ3n) is 4.08. The Morgan fingerprint density at radius 1 is 1.07 bits per heavy atom. The Morgan fingerprint density at radius 3 is 2.18 bits per heavy atom. The summed E-state index contributed by atoms with van der Waals surface area (Å²) in [6, 6.07) is 16.2.